The molecule has 20 heavy (non-hydrogen) atoms. The summed E-state index contributed by atoms with van der Waals surface area (Å²) in [5.74, 6) is -0.268. The predicted molar refractivity (Wildman–Crippen MR) is 79.4 cm³/mol. The zero-order valence-corrected chi connectivity index (χ0v) is 13.0. The summed E-state index contributed by atoms with van der Waals surface area (Å²) >= 11 is 1.47. The lowest BCUT2D eigenvalue weighted by atomic mass is 9.90. The van der Waals surface area contributed by atoms with Gasteiger partial charge in [-0.3, -0.25) is 4.79 Å². The summed E-state index contributed by atoms with van der Waals surface area (Å²) in [7, 11) is 0. The number of rotatable bonds is 5. The number of carbonyl (C=O) groups is 1. The van der Waals surface area contributed by atoms with Gasteiger partial charge in [0.1, 0.15) is 5.41 Å². The molecule has 0 radical (unpaired) electrons. The van der Waals surface area contributed by atoms with E-state index in [4.69, 9.17) is 4.74 Å². The molecular formula is C14H22N2O3S. The van der Waals surface area contributed by atoms with Gasteiger partial charge < -0.3 is 15.2 Å². The predicted octanol–water partition coefficient (Wildman–Crippen LogP) is 2.73. The van der Waals surface area contributed by atoms with Crippen LogP contribution in [-0.2, 0) is 14.9 Å². The first kappa shape index (κ1) is 15.3. The fourth-order valence-corrected chi connectivity index (χ4v) is 3.24. The van der Waals surface area contributed by atoms with Crippen molar-refractivity contribution in [2.24, 2.45) is 5.92 Å². The minimum atomic E-state index is -0.946. The van der Waals surface area contributed by atoms with Crippen molar-refractivity contribution >= 4 is 22.4 Å². The van der Waals surface area contributed by atoms with Crippen LogP contribution < -0.4 is 5.32 Å². The second-order valence-electron chi connectivity index (χ2n) is 5.85. The van der Waals surface area contributed by atoms with Crippen molar-refractivity contribution in [3.8, 4) is 0 Å². The van der Waals surface area contributed by atoms with E-state index in [0.717, 1.165) is 31.2 Å². The number of hydrogen-bond acceptors (Lipinski definition) is 5. The van der Waals surface area contributed by atoms with Crippen molar-refractivity contribution in [2.75, 3.05) is 18.5 Å². The number of nitrogens with one attached hydrogen (secondary N) is 1. The van der Waals surface area contributed by atoms with Crippen LogP contribution in [0.3, 0.4) is 0 Å². The highest BCUT2D eigenvalue weighted by molar-refractivity contribution is 7.13. The molecule has 6 heteroatoms. The highest BCUT2D eigenvalue weighted by atomic mass is 32.1. The van der Waals surface area contributed by atoms with E-state index >= 15 is 0 Å². The van der Waals surface area contributed by atoms with Gasteiger partial charge in [-0.1, -0.05) is 0 Å². The maximum atomic E-state index is 11.2. The van der Waals surface area contributed by atoms with Crippen LogP contribution in [0.4, 0.5) is 5.13 Å². The molecule has 2 N–H and O–H groups in total. The molecule has 0 bridgehead atoms. The summed E-state index contributed by atoms with van der Waals surface area (Å²) in [6.45, 7) is 7.16. The summed E-state index contributed by atoms with van der Waals surface area (Å²) in [4.78, 5) is 15.7. The van der Waals surface area contributed by atoms with E-state index in [2.05, 4.69) is 17.2 Å². The third kappa shape index (κ3) is 3.30. The van der Waals surface area contributed by atoms with Crippen LogP contribution in [0, 0.1) is 5.92 Å². The van der Waals surface area contributed by atoms with Gasteiger partial charge in [0.05, 0.1) is 5.69 Å². The fourth-order valence-electron chi connectivity index (χ4n) is 2.27. The minimum Gasteiger partial charge on any atom is -0.481 e. The molecule has 1 atom stereocenters. The molecule has 0 aliphatic carbocycles. The number of ether oxygens (including phenoxy) is 1. The molecule has 2 heterocycles. The van der Waals surface area contributed by atoms with Gasteiger partial charge in [-0.2, -0.15) is 0 Å². The van der Waals surface area contributed by atoms with Crippen LogP contribution >= 0.6 is 11.3 Å². The smallest absolute Gasteiger partial charge is 0.315 e. The molecule has 0 saturated carbocycles. The number of carboxylic acids is 1. The largest absolute Gasteiger partial charge is 0.481 e. The number of carboxylic acid groups (broad SMARTS) is 1. The van der Waals surface area contributed by atoms with Gasteiger partial charge in [-0.05, 0) is 39.5 Å². The van der Waals surface area contributed by atoms with E-state index < -0.39 is 11.4 Å². The molecule has 1 unspecified atom stereocenters. The van der Waals surface area contributed by atoms with E-state index in [-0.39, 0.29) is 0 Å². The first-order valence-electron chi connectivity index (χ1n) is 6.95. The molecule has 0 spiro atoms. The van der Waals surface area contributed by atoms with Crippen molar-refractivity contribution in [3.63, 3.8) is 0 Å². The maximum absolute atomic E-state index is 11.2. The van der Waals surface area contributed by atoms with Crippen molar-refractivity contribution in [2.45, 2.75) is 45.1 Å². The quantitative estimate of drug-likeness (QED) is 0.874. The molecule has 1 aromatic heterocycles. The highest BCUT2D eigenvalue weighted by Gasteiger charge is 2.32. The van der Waals surface area contributed by atoms with E-state index in [1.165, 1.54) is 11.3 Å². The number of anilines is 1. The molecule has 1 aliphatic rings. The van der Waals surface area contributed by atoms with Crippen molar-refractivity contribution in [1.29, 1.82) is 0 Å². The summed E-state index contributed by atoms with van der Waals surface area (Å²) < 4.78 is 5.37. The van der Waals surface area contributed by atoms with E-state index in [1.54, 1.807) is 13.8 Å². The van der Waals surface area contributed by atoms with Gasteiger partial charge in [0.15, 0.2) is 5.13 Å². The highest BCUT2D eigenvalue weighted by Crippen LogP contribution is 2.29. The number of thiazole rings is 1. The van der Waals surface area contributed by atoms with Crippen LogP contribution in [-0.4, -0.2) is 35.3 Å². The Hall–Kier alpha value is -1.14. The van der Waals surface area contributed by atoms with Crippen molar-refractivity contribution < 1.29 is 14.6 Å². The Balaban J connectivity index is 2.00. The lowest BCUT2D eigenvalue weighted by Crippen LogP contribution is -2.31. The molecule has 1 fully saturated rings. The monoisotopic (exact) mass is 298 g/mol. The van der Waals surface area contributed by atoms with Crippen LogP contribution in [0.15, 0.2) is 5.38 Å². The summed E-state index contributed by atoms with van der Waals surface area (Å²) in [6.07, 6.45) is 2.13. The lowest BCUT2D eigenvalue weighted by molar-refractivity contribution is -0.142. The standard InChI is InChI=1S/C14H22N2O3S/c1-9(10-4-6-19-7-5-10)15-13-16-11(8-20-13)14(2,3)12(17)18/h8-10H,4-7H2,1-3H3,(H,15,16)(H,17,18). The molecule has 1 aliphatic heterocycles. The number of aliphatic carboxylic acids is 1. The molecule has 0 aromatic carbocycles. The molecule has 1 aromatic rings. The Morgan fingerprint density at radius 1 is 1.55 bits per heavy atom. The van der Waals surface area contributed by atoms with E-state index in [0.29, 0.717) is 17.7 Å². The molecular weight excluding hydrogens is 276 g/mol. The summed E-state index contributed by atoms with van der Waals surface area (Å²) in [5, 5.41) is 15.2. The summed E-state index contributed by atoms with van der Waals surface area (Å²) in [6, 6.07) is 0.325. The first-order valence-corrected chi connectivity index (χ1v) is 7.83. The number of hydrogen-bond donors (Lipinski definition) is 2. The van der Waals surface area contributed by atoms with Gasteiger partial charge in [0, 0.05) is 24.6 Å². The minimum absolute atomic E-state index is 0.325. The Morgan fingerprint density at radius 3 is 2.80 bits per heavy atom. The molecule has 112 valence electrons. The summed E-state index contributed by atoms with van der Waals surface area (Å²) in [5.41, 5.74) is -0.338. The normalized spacial score (nSPS) is 18.8. The van der Waals surface area contributed by atoms with Gasteiger partial charge in [0.25, 0.3) is 0 Å². The third-order valence-corrected chi connectivity index (χ3v) is 4.78. The average molecular weight is 298 g/mol. The zero-order valence-electron chi connectivity index (χ0n) is 12.2. The Kier molecular flexibility index (Phi) is 4.65. The van der Waals surface area contributed by atoms with Crippen molar-refractivity contribution in [3.05, 3.63) is 11.1 Å². The van der Waals surface area contributed by atoms with Crippen LogP contribution in [0.25, 0.3) is 0 Å². The Morgan fingerprint density at radius 2 is 2.20 bits per heavy atom. The molecule has 5 nitrogen and oxygen atoms in total. The SMILES string of the molecule is CC(Nc1nc(C(C)(C)C(=O)O)cs1)C1CCOCC1. The van der Waals surface area contributed by atoms with Gasteiger partial charge in [-0.25, -0.2) is 4.98 Å². The molecule has 2 rings (SSSR count). The average Bonchev–Trinajstić information content (AvgIpc) is 2.88. The number of aromatic nitrogens is 1. The van der Waals surface area contributed by atoms with Gasteiger partial charge >= 0.3 is 5.97 Å². The lowest BCUT2D eigenvalue weighted by Gasteiger charge is -2.28. The van der Waals surface area contributed by atoms with Gasteiger partial charge in [0.2, 0.25) is 0 Å². The second-order valence-corrected chi connectivity index (χ2v) is 6.71. The first-order chi connectivity index (χ1) is 9.41. The molecule has 0 amide bonds. The third-order valence-electron chi connectivity index (χ3n) is 4.00. The van der Waals surface area contributed by atoms with Crippen LogP contribution in [0.1, 0.15) is 39.3 Å². The number of nitrogens with zero attached hydrogens (tertiary/aromatic N) is 1. The van der Waals surface area contributed by atoms with E-state index in [9.17, 15) is 9.90 Å². The Labute approximate surface area is 123 Å². The maximum Gasteiger partial charge on any atom is 0.315 e. The van der Waals surface area contributed by atoms with Crippen LogP contribution in [0.5, 0.6) is 0 Å². The van der Waals surface area contributed by atoms with Crippen LogP contribution in [0.2, 0.25) is 0 Å². The van der Waals surface area contributed by atoms with E-state index in [1.807, 2.05) is 5.38 Å². The topological polar surface area (TPSA) is 71.5 Å². The van der Waals surface area contributed by atoms with Gasteiger partial charge in [-0.15, -0.1) is 11.3 Å². The molecule has 1 saturated heterocycles. The second kappa shape index (κ2) is 6.10. The van der Waals surface area contributed by atoms with Crippen molar-refractivity contribution in [1.82, 2.24) is 4.98 Å². The zero-order chi connectivity index (χ0) is 14.8. The Bertz CT molecular complexity index is 467. The fraction of sp³-hybridized carbons (Fsp3) is 0.714.